The van der Waals surface area contributed by atoms with Gasteiger partial charge in [-0.15, -0.1) is 0 Å². The van der Waals surface area contributed by atoms with Gasteiger partial charge in [0, 0.05) is 11.9 Å². The van der Waals surface area contributed by atoms with Gasteiger partial charge in [-0.2, -0.15) is 0 Å². The van der Waals surface area contributed by atoms with E-state index in [9.17, 15) is 14.7 Å². The summed E-state index contributed by atoms with van der Waals surface area (Å²) < 4.78 is 0. The molecule has 0 saturated carbocycles. The van der Waals surface area contributed by atoms with Gasteiger partial charge in [0.25, 0.3) is 0 Å². The maximum Gasteiger partial charge on any atom is 0.336 e. The second-order valence-electron chi connectivity index (χ2n) is 6.91. The second kappa shape index (κ2) is 7.57. The Kier molecular flexibility index (Phi) is 4.95. The number of amides is 1. The molecule has 4 nitrogen and oxygen atoms in total. The molecule has 1 aliphatic rings. The maximum absolute atomic E-state index is 12.4. The zero-order valence-electron chi connectivity index (χ0n) is 15.7. The minimum Gasteiger partial charge on any atom is -0.478 e. The molecule has 1 N–H and O–H groups in total. The van der Waals surface area contributed by atoms with Crippen molar-refractivity contribution in [3.05, 3.63) is 87.9 Å². The monoisotopic (exact) mass is 403 g/mol. The number of carbonyl (C=O) groups excluding carboxylic acids is 1. The maximum atomic E-state index is 12.4. The van der Waals surface area contributed by atoms with E-state index in [1.165, 1.54) is 6.92 Å². The molecule has 0 saturated heterocycles. The molecule has 0 spiro atoms. The minimum absolute atomic E-state index is 0.0776. The van der Waals surface area contributed by atoms with Gasteiger partial charge in [-0.05, 0) is 58.1 Å². The highest BCUT2D eigenvalue weighted by molar-refractivity contribution is 6.30. The standard InChI is InChI=1S/C24H18ClNO3/c1-15(27)26-14-19-12-17(21-4-2-3-5-22(21)24(28)29)8-6-16(19)7-9-18-13-20(25)10-11-23(18)26/h2-13H,14H2,1H3,(H,28,29)/b9-7-. The third-order valence-corrected chi connectivity index (χ3v) is 5.28. The first-order valence-corrected chi connectivity index (χ1v) is 9.53. The number of benzene rings is 3. The highest BCUT2D eigenvalue weighted by atomic mass is 35.5. The summed E-state index contributed by atoms with van der Waals surface area (Å²) in [5, 5.41) is 10.1. The van der Waals surface area contributed by atoms with Crippen LogP contribution in [0.15, 0.2) is 60.7 Å². The number of fused-ring (bicyclic) bond motifs is 2. The molecule has 1 heterocycles. The molecule has 0 aromatic heterocycles. The van der Waals surface area contributed by atoms with E-state index >= 15 is 0 Å². The van der Waals surface area contributed by atoms with Gasteiger partial charge in [0.2, 0.25) is 5.91 Å². The summed E-state index contributed by atoms with van der Waals surface area (Å²) in [6.45, 7) is 1.92. The van der Waals surface area contributed by atoms with Crippen molar-refractivity contribution >= 4 is 41.3 Å². The van der Waals surface area contributed by atoms with Gasteiger partial charge in [0.15, 0.2) is 0 Å². The van der Waals surface area contributed by atoms with Gasteiger partial charge < -0.3 is 10.0 Å². The average molecular weight is 404 g/mol. The Labute approximate surface area is 173 Å². The van der Waals surface area contributed by atoms with Gasteiger partial charge in [0.05, 0.1) is 17.8 Å². The number of aromatic carboxylic acids is 1. The van der Waals surface area contributed by atoms with E-state index in [0.29, 0.717) is 17.1 Å². The number of halogens is 1. The molecular formula is C24H18ClNO3. The van der Waals surface area contributed by atoms with Crippen LogP contribution in [0.5, 0.6) is 0 Å². The van der Waals surface area contributed by atoms with Crippen LogP contribution in [0.1, 0.15) is 34.0 Å². The molecule has 5 heteroatoms. The first-order chi connectivity index (χ1) is 13.9. The first-order valence-electron chi connectivity index (χ1n) is 9.15. The highest BCUT2D eigenvalue weighted by Gasteiger charge is 2.20. The molecule has 0 radical (unpaired) electrons. The molecule has 1 amide bonds. The van der Waals surface area contributed by atoms with Crippen molar-refractivity contribution in [2.45, 2.75) is 13.5 Å². The molecule has 3 aromatic rings. The lowest BCUT2D eigenvalue weighted by atomic mass is 9.94. The molecule has 0 atom stereocenters. The third kappa shape index (κ3) is 3.67. The first kappa shape index (κ1) is 19.0. The summed E-state index contributed by atoms with van der Waals surface area (Å²) in [4.78, 5) is 25.7. The van der Waals surface area contributed by atoms with E-state index in [1.54, 1.807) is 29.2 Å². The van der Waals surface area contributed by atoms with E-state index in [2.05, 4.69) is 0 Å². The number of nitrogens with zero attached hydrogens (tertiary/aromatic N) is 1. The SMILES string of the molecule is CC(=O)N1Cc2cc(-c3ccccc3C(=O)O)ccc2/C=C\c2cc(Cl)ccc21. The van der Waals surface area contributed by atoms with Crippen LogP contribution >= 0.6 is 11.6 Å². The fourth-order valence-corrected chi connectivity index (χ4v) is 3.80. The Morgan fingerprint density at radius 1 is 0.966 bits per heavy atom. The van der Waals surface area contributed by atoms with Crippen molar-refractivity contribution in [1.29, 1.82) is 0 Å². The zero-order chi connectivity index (χ0) is 20.5. The Morgan fingerprint density at radius 3 is 2.48 bits per heavy atom. The van der Waals surface area contributed by atoms with Crippen LogP contribution in [-0.2, 0) is 11.3 Å². The largest absolute Gasteiger partial charge is 0.478 e. The minimum atomic E-state index is -0.969. The number of carbonyl (C=O) groups is 2. The topological polar surface area (TPSA) is 57.6 Å². The lowest BCUT2D eigenvalue weighted by Gasteiger charge is -2.26. The van der Waals surface area contributed by atoms with Crippen molar-refractivity contribution < 1.29 is 14.7 Å². The van der Waals surface area contributed by atoms with Gasteiger partial charge >= 0.3 is 5.97 Å². The van der Waals surface area contributed by atoms with Crippen molar-refractivity contribution in [2.24, 2.45) is 0 Å². The second-order valence-corrected chi connectivity index (χ2v) is 7.34. The summed E-state index contributed by atoms with van der Waals surface area (Å²) in [7, 11) is 0. The van der Waals surface area contributed by atoms with Gasteiger partial charge in [-0.25, -0.2) is 4.79 Å². The van der Waals surface area contributed by atoms with Crippen molar-refractivity contribution in [2.75, 3.05) is 4.90 Å². The summed E-state index contributed by atoms with van der Waals surface area (Å²) >= 11 is 6.14. The molecule has 29 heavy (non-hydrogen) atoms. The molecule has 0 unspecified atom stereocenters. The van der Waals surface area contributed by atoms with Crippen LogP contribution in [0.25, 0.3) is 23.3 Å². The highest BCUT2D eigenvalue weighted by Crippen LogP contribution is 2.33. The molecule has 0 aliphatic carbocycles. The fourth-order valence-electron chi connectivity index (χ4n) is 3.61. The summed E-state index contributed by atoms with van der Waals surface area (Å²) in [6.07, 6.45) is 3.94. The molecule has 0 bridgehead atoms. The van der Waals surface area contributed by atoms with Crippen LogP contribution in [0.4, 0.5) is 5.69 Å². The van der Waals surface area contributed by atoms with Crippen LogP contribution in [0.3, 0.4) is 0 Å². The molecule has 0 fully saturated rings. The molecule has 1 aliphatic heterocycles. The van der Waals surface area contributed by atoms with Crippen LogP contribution in [0, 0.1) is 0 Å². The Morgan fingerprint density at radius 2 is 1.72 bits per heavy atom. The van der Waals surface area contributed by atoms with Crippen molar-refractivity contribution in [1.82, 2.24) is 0 Å². The van der Waals surface area contributed by atoms with Crippen LogP contribution in [-0.4, -0.2) is 17.0 Å². The summed E-state index contributed by atoms with van der Waals surface area (Å²) in [5.74, 6) is -1.05. The van der Waals surface area contributed by atoms with E-state index in [1.807, 2.05) is 48.6 Å². The van der Waals surface area contributed by atoms with Gasteiger partial charge in [0.1, 0.15) is 0 Å². The molecule has 144 valence electrons. The quantitative estimate of drug-likeness (QED) is 0.593. The lowest BCUT2D eigenvalue weighted by Crippen LogP contribution is -2.29. The summed E-state index contributed by atoms with van der Waals surface area (Å²) in [5.41, 5.74) is 5.27. The number of hydrogen-bond acceptors (Lipinski definition) is 2. The van der Waals surface area contributed by atoms with Gasteiger partial charge in [-0.1, -0.05) is 54.1 Å². The number of hydrogen-bond donors (Lipinski definition) is 1. The smallest absolute Gasteiger partial charge is 0.336 e. The third-order valence-electron chi connectivity index (χ3n) is 5.04. The van der Waals surface area contributed by atoms with E-state index in [0.717, 1.165) is 27.9 Å². The Balaban J connectivity index is 1.86. The Hall–Kier alpha value is -3.37. The molecule has 3 aromatic carbocycles. The normalized spacial score (nSPS) is 13.7. The van der Waals surface area contributed by atoms with Gasteiger partial charge in [-0.3, -0.25) is 4.79 Å². The van der Waals surface area contributed by atoms with Crippen LogP contribution < -0.4 is 4.90 Å². The zero-order valence-corrected chi connectivity index (χ0v) is 16.5. The number of rotatable bonds is 2. The average Bonchev–Trinajstić information content (AvgIpc) is 2.69. The molecular weight excluding hydrogens is 386 g/mol. The predicted octanol–water partition coefficient (Wildman–Crippen LogP) is 5.74. The van der Waals surface area contributed by atoms with Crippen molar-refractivity contribution in [3.63, 3.8) is 0 Å². The Bertz CT molecular complexity index is 1170. The number of carboxylic acid groups (broad SMARTS) is 1. The summed E-state index contributed by atoms with van der Waals surface area (Å²) in [6, 6.07) is 18.2. The molecule has 4 rings (SSSR count). The van der Waals surface area contributed by atoms with E-state index in [4.69, 9.17) is 11.6 Å². The van der Waals surface area contributed by atoms with Crippen molar-refractivity contribution in [3.8, 4) is 11.1 Å². The predicted molar refractivity (Wildman–Crippen MR) is 116 cm³/mol. The lowest BCUT2D eigenvalue weighted by molar-refractivity contribution is -0.116. The fraction of sp³-hybridized carbons (Fsp3) is 0.0833. The van der Waals surface area contributed by atoms with Crippen LogP contribution in [0.2, 0.25) is 5.02 Å². The van der Waals surface area contributed by atoms with E-state index < -0.39 is 5.97 Å². The number of anilines is 1. The number of carboxylic acids is 1. The van der Waals surface area contributed by atoms with E-state index in [-0.39, 0.29) is 11.5 Å².